The molecule has 2 unspecified atom stereocenters. The Labute approximate surface area is 363 Å². The Morgan fingerprint density at radius 2 is 0.920 bits per heavy atom. The van der Waals surface area contributed by atoms with Crippen LogP contribution in [0.5, 0.6) is 0 Å². The summed E-state index contributed by atoms with van der Waals surface area (Å²) in [6.45, 7) is -3.30. The van der Waals surface area contributed by atoms with Crippen molar-refractivity contribution in [3.8, 4) is 0 Å². The van der Waals surface area contributed by atoms with Crippen LogP contribution >= 0.6 is 0 Å². The van der Waals surface area contributed by atoms with Crippen LogP contribution in [0.4, 0.5) is 0 Å². The fourth-order valence-corrected chi connectivity index (χ4v) is 5.75. The third kappa shape index (κ3) is 13.2. The van der Waals surface area contributed by atoms with Gasteiger partial charge in [0.05, 0.1) is 41.9 Å². The van der Waals surface area contributed by atoms with E-state index in [1.807, 2.05) is 0 Å². The summed E-state index contributed by atoms with van der Waals surface area (Å²) in [6.07, 6.45) is 2.94. The molecule has 0 amide bonds. The summed E-state index contributed by atoms with van der Waals surface area (Å²) in [5.41, 5.74) is 2.66. The van der Waals surface area contributed by atoms with Crippen LogP contribution < -0.4 is 84.6 Å². The number of carbonyl (C=O) groups excluding carboxylic acids is 5. The van der Waals surface area contributed by atoms with Crippen molar-refractivity contribution in [1.82, 2.24) is 24.7 Å². The average molecular weight is 850 g/mol. The van der Waals surface area contributed by atoms with Crippen molar-refractivity contribution < 1.29 is 149 Å². The Balaban J connectivity index is 0.00000417. The van der Waals surface area contributed by atoms with E-state index in [9.17, 15) is 49.5 Å². The summed E-state index contributed by atoms with van der Waals surface area (Å²) < 4.78 is 0. The molecule has 0 aliphatic carbocycles. The van der Waals surface area contributed by atoms with Gasteiger partial charge in [-0.15, -0.1) is 0 Å². The average Bonchev–Trinajstić information content (AvgIpc) is 3.61. The number of aromatic amines is 2. The second-order valence-electron chi connectivity index (χ2n) is 11.1. The van der Waals surface area contributed by atoms with E-state index in [2.05, 4.69) is 9.97 Å². The number of carboxylic acids is 5. The van der Waals surface area contributed by atoms with Crippen LogP contribution in [0.2, 0.25) is 0 Å². The van der Waals surface area contributed by atoms with Gasteiger partial charge in [-0.1, -0.05) is 36.4 Å². The van der Waals surface area contributed by atoms with E-state index in [0.717, 1.165) is 31.6 Å². The van der Waals surface area contributed by atoms with Gasteiger partial charge in [0.25, 0.3) is 0 Å². The number of fused-ring (bicyclic) bond motifs is 2. The van der Waals surface area contributed by atoms with Crippen LogP contribution in [0.3, 0.4) is 0 Å². The van der Waals surface area contributed by atoms with Gasteiger partial charge in [-0.2, -0.15) is 0 Å². The second-order valence-corrected chi connectivity index (χ2v) is 11.1. The summed E-state index contributed by atoms with van der Waals surface area (Å²) in [4.78, 5) is 68.8. The maximum absolute atomic E-state index is 12.2. The molecule has 4 aromatic rings. The molecular weight excluding hydrogens is 818 g/mol. The van der Waals surface area contributed by atoms with Crippen molar-refractivity contribution in [3.05, 3.63) is 72.1 Å². The summed E-state index contributed by atoms with van der Waals surface area (Å²) in [6, 6.07) is 11.4. The van der Waals surface area contributed by atoms with E-state index in [-0.39, 0.29) is 138 Å². The normalized spacial score (nSPS) is 12.2. The minimum absolute atomic E-state index is 0. The molecule has 0 aliphatic rings. The van der Waals surface area contributed by atoms with Gasteiger partial charge >= 0.3 is 99.1 Å². The van der Waals surface area contributed by atoms with Crippen molar-refractivity contribution in [3.63, 3.8) is 0 Å². The number of benzene rings is 2. The van der Waals surface area contributed by atoms with Crippen LogP contribution in [-0.4, -0.2) is 112 Å². The molecule has 255 valence electrons. The Bertz CT molecular complexity index is 1630. The molecule has 4 rings (SSSR count). The fraction of sp³-hybridized carbons (Fsp3) is 0.344. The molecule has 2 aromatic heterocycles. The number of rotatable bonds is 20. The molecule has 50 heavy (non-hydrogen) atoms. The Kier molecular flexibility index (Phi) is 20.5. The third-order valence-corrected chi connectivity index (χ3v) is 8.03. The molecule has 1 radical (unpaired) electrons. The zero-order valence-electron chi connectivity index (χ0n) is 27.6. The molecule has 0 spiro atoms. The summed E-state index contributed by atoms with van der Waals surface area (Å²) in [7, 11) is 0. The maximum atomic E-state index is 12.2. The number of hydrogen-bond donors (Lipinski definition) is 2. The minimum Gasteiger partial charge on any atom is -0.549 e. The van der Waals surface area contributed by atoms with E-state index in [0.29, 0.717) is 11.1 Å². The van der Waals surface area contributed by atoms with Crippen molar-refractivity contribution in [2.24, 2.45) is 0 Å². The molecule has 2 atom stereocenters. The van der Waals surface area contributed by atoms with Gasteiger partial charge in [0.15, 0.2) is 0 Å². The molecule has 0 fully saturated rings. The minimum atomic E-state index is -1.57. The van der Waals surface area contributed by atoms with Crippen molar-refractivity contribution in [1.29, 1.82) is 0 Å². The van der Waals surface area contributed by atoms with E-state index in [1.54, 1.807) is 60.9 Å². The first-order chi connectivity index (χ1) is 22.4. The van der Waals surface area contributed by atoms with Gasteiger partial charge in [0, 0.05) is 80.0 Å². The molecule has 2 aromatic carbocycles. The number of nitrogens with one attached hydrogen (secondary N) is 2. The van der Waals surface area contributed by atoms with Crippen molar-refractivity contribution in [2.75, 3.05) is 45.8 Å². The SMILES string of the molecule is O=C([O-])CN(CCN(CC(=O)[O-])C(Cc1c[nH]c2ccccc12)C(=O)[O-])CCN(CC(=O)[O-])C(Cc1c[nH]c2ccccc12)C(=O)[O-].[Gd+3].[Na+].[Na+]. The summed E-state index contributed by atoms with van der Waals surface area (Å²) in [5.74, 6) is -7.78. The smallest absolute Gasteiger partial charge is 0.549 e. The Morgan fingerprint density at radius 1 is 0.560 bits per heavy atom. The number of H-pyrrole nitrogens is 2. The van der Waals surface area contributed by atoms with Crippen LogP contribution in [0.15, 0.2) is 60.9 Å². The molecule has 2 heterocycles. The van der Waals surface area contributed by atoms with Gasteiger partial charge in [0.2, 0.25) is 0 Å². The zero-order chi connectivity index (χ0) is 34.1. The maximum Gasteiger partial charge on any atom is 3.00 e. The zero-order valence-corrected chi connectivity index (χ0v) is 33.8. The van der Waals surface area contributed by atoms with Gasteiger partial charge in [-0.3, -0.25) is 14.7 Å². The van der Waals surface area contributed by atoms with E-state index < -0.39 is 61.6 Å². The van der Waals surface area contributed by atoms with Crippen molar-refractivity contribution >= 4 is 51.7 Å². The predicted molar refractivity (Wildman–Crippen MR) is 156 cm³/mol. The number of aliphatic carboxylic acids is 5. The topological polar surface area (TPSA) is 242 Å². The first kappa shape index (κ1) is 46.1. The molecule has 0 aliphatic heterocycles. The number of aromatic nitrogens is 2. The van der Waals surface area contributed by atoms with E-state index >= 15 is 0 Å². The fourth-order valence-electron chi connectivity index (χ4n) is 5.75. The van der Waals surface area contributed by atoms with E-state index in [1.165, 1.54) is 4.90 Å². The summed E-state index contributed by atoms with van der Waals surface area (Å²) >= 11 is 0. The Hall–Kier alpha value is -1.93. The summed E-state index contributed by atoms with van der Waals surface area (Å²) in [5, 5.41) is 60.8. The van der Waals surface area contributed by atoms with Gasteiger partial charge in [0.1, 0.15) is 0 Å². The number of hydrogen-bond acceptors (Lipinski definition) is 13. The van der Waals surface area contributed by atoms with Crippen LogP contribution in [0.25, 0.3) is 21.8 Å². The van der Waals surface area contributed by atoms with Crippen LogP contribution in [-0.2, 0) is 36.8 Å². The van der Waals surface area contributed by atoms with E-state index in [4.69, 9.17) is 0 Å². The molecule has 0 saturated carbocycles. The van der Waals surface area contributed by atoms with Crippen molar-refractivity contribution in [2.45, 2.75) is 24.9 Å². The molecule has 2 N–H and O–H groups in total. The second kappa shape index (κ2) is 22.2. The molecule has 18 heteroatoms. The Morgan fingerprint density at radius 3 is 1.26 bits per heavy atom. The first-order valence-corrected chi connectivity index (χ1v) is 14.7. The van der Waals surface area contributed by atoms with Gasteiger partial charge < -0.3 is 59.5 Å². The third-order valence-electron chi connectivity index (χ3n) is 8.03. The molecule has 0 saturated heterocycles. The number of carboxylic acid groups (broad SMARTS) is 5. The predicted octanol–water partition coefficient (Wildman–Crippen LogP) is -11.2. The first-order valence-electron chi connectivity index (χ1n) is 14.7. The van der Waals surface area contributed by atoms with Gasteiger partial charge in [-0.05, 0) is 36.1 Å². The largest absolute Gasteiger partial charge is 3.00 e. The standard InChI is InChI=1S/C32H37N5O10.Gd.2Na/c38-28(39)17-35(9-11-36(18-29(40)41)26(31(44)45)13-20-15-33-24-7-3-1-5-22(20)24)10-12-37(19-30(42)43)27(32(46)47)14-21-16-34-25-8-4-2-6-23(21)25;;;/h1-8,15-16,26-27,33-34H,9-14,17-19H2,(H,38,39)(H,40,41)(H,42,43)(H,44,45)(H,46,47);;;/q;+3;2*+1/p-5. The molecule has 0 bridgehead atoms. The molecular formula is C32H32GdN5Na2O10. The number of para-hydroxylation sites is 2. The quantitative estimate of drug-likeness (QED) is 0.0787. The van der Waals surface area contributed by atoms with Gasteiger partial charge in [-0.25, -0.2) is 0 Å². The number of nitrogens with zero attached hydrogens (tertiary/aromatic N) is 3. The van der Waals surface area contributed by atoms with Crippen LogP contribution in [0, 0.1) is 39.9 Å². The molecule has 15 nitrogen and oxygen atoms in total. The number of carbonyl (C=O) groups is 5. The van der Waals surface area contributed by atoms with Crippen LogP contribution in [0.1, 0.15) is 11.1 Å². The monoisotopic (exact) mass is 850 g/mol.